The van der Waals surface area contributed by atoms with Crippen molar-refractivity contribution in [2.75, 3.05) is 5.32 Å². The Hall–Kier alpha value is -1.69. The fourth-order valence-electron chi connectivity index (χ4n) is 1.60. The maximum absolute atomic E-state index is 12.1. The standard InChI is InChI=1S/C12H16N4OS/c1-8(2)16-5-4-13-11(12(16)17)15-7-10-14-6-9(3)18-10/h4-6,8H,7H2,1-3H3,(H,13,15). The van der Waals surface area contributed by atoms with Crippen LogP contribution in [0.15, 0.2) is 23.4 Å². The molecule has 0 bridgehead atoms. The van der Waals surface area contributed by atoms with E-state index in [0.29, 0.717) is 12.4 Å². The predicted octanol–water partition coefficient (Wildman–Crippen LogP) is 2.20. The largest absolute Gasteiger partial charge is 0.359 e. The van der Waals surface area contributed by atoms with Crippen LogP contribution in [-0.2, 0) is 6.54 Å². The summed E-state index contributed by atoms with van der Waals surface area (Å²) in [5, 5.41) is 3.99. The van der Waals surface area contributed by atoms with Gasteiger partial charge >= 0.3 is 0 Å². The Kier molecular flexibility index (Phi) is 3.76. The number of nitrogens with zero attached hydrogens (tertiary/aromatic N) is 3. The molecule has 2 heterocycles. The first kappa shape index (κ1) is 12.8. The topological polar surface area (TPSA) is 59.8 Å². The van der Waals surface area contributed by atoms with E-state index in [9.17, 15) is 4.79 Å². The van der Waals surface area contributed by atoms with E-state index >= 15 is 0 Å². The second-order valence-electron chi connectivity index (χ2n) is 4.30. The summed E-state index contributed by atoms with van der Waals surface area (Å²) in [7, 11) is 0. The van der Waals surface area contributed by atoms with Crippen LogP contribution < -0.4 is 10.9 Å². The molecule has 0 atom stereocenters. The summed E-state index contributed by atoms with van der Waals surface area (Å²) in [6.45, 7) is 6.47. The SMILES string of the molecule is Cc1cnc(CNc2nccn(C(C)C)c2=O)s1. The Morgan fingerprint density at radius 3 is 2.83 bits per heavy atom. The van der Waals surface area contributed by atoms with Crippen molar-refractivity contribution in [3.05, 3.63) is 38.8 Å². The van der Waals surface area contributed by atoms with E-state index in [1.54, 1.807) is 28.3 Å². The van der Waals surface area contributed by atoms with Crippen molar-refractivity contribution in [3.63, 3.8) is 0 Å². The Balaban J connectivity index is 2.15. The van der Waals surface area contributed by atoms with Crippen LogP contribution in [0.3, 0.4) is 0 Å². The van der Waals surface area contributed by atoms with Crippen molar-refractivity contribution < 1.29 is 0 Å². The van der Waals surface area contributed by atoms with Gasteiger partial charge in [0.2, 0.25) is 0 Å². The van der Waals surface area contributed by atoms with Crippen molar-refractivity contribution in [3.8, 4) is 0 Å². The highest BCUT2D eigenvalue weighted by Gasteiger charge is 2.07. The third kappa shape index (κ3) is 2.76. The van der Waals surface area contributed by atoms with Crippen LogP contribution in [0.2, 0.25) is 0 Å². The van der Waals surface area contributed by atoms with Crippen molar-refractivity contribution in [1.29, 1.82) is 0 Å². The lowest BCUT2D eigenvalue weighted by Gasteiger charge is -2.10. The highest BCUT2D eigenvalue weighted by atomic mass is 32.1. The molecule has 2 aromatic heterocycles. The molecule has 2 rings (SSSR count). The Bertz CT molecular complexity index is 588. The van der Waals surface area contributed by atoms with Crippen LogP contribution in [0, 0.1) is 6.92 Å². The second kappa shape index (κ2) is 5.30. The van der Waals surface area contributed by atoms with Gasteiger partial charge < -0.3 is 9.88 Å². The summed E-state index contributed by atoms with van der Waals surface area (Å²) in [6.07, 6.45) is 5.16. The van der Waals surface area contributed by atoms with E-state index in [4.69, 9.17) is 0 Å². The van der Waals surface area contributed by atoms with E-state index in [0.717, 1.165) is 9.88 Å². The number of anilines is 1. The number of nitrogens with one attached hydrogen (secondary N) is 1. The minimum Gasteiger partial charge on any atom is -0.359 e. The lowest BCUT2D eigenvalue weighted by atomic mass is 10.4. The average Bonchev–Trinajstić information content (AvgIpc) is 2.73. The quantitative estimate of drug-likeness (QED) is 0.919. The minimum absolute atomic E-state index is 0.0965. The number of thiazole rings is 1. The number of rotatable bonds is 4. The molecule has 96 valence electrons. The van der Waals surface area contributed by atoms with Gasteiger partial charge in [0.05, 0.1) is 6.54 Å². The molecule has 0 aliphatic carbocycles. The van der Waals surface area contributed by atoms with Crippen LogP contribution in [-0.4, -0.2) is 14.5 Å². The molecule has 0 unspecified atom stereocenters. The van der Waals surface area contributed by atoms with Gasteiger partial charge in [0.1, 0.15) is 5.01 Å². The number of hydrogen-bond donors (Lipinski definition) is 1. The summed E-state index contributed by atoms with van der Waals surface area (Å²) in [6, 6.07) is 0.128. The van der Waals surface area contributed by atoms with Crippen molar-refractivity contribution in [2.24, 2.45) is 0 Å². The first-order chi connectivity index (χ1) is 8.58. The van der Waals surface area contributed by atoms with Crippen LogP contribution in [0.25, 0.3) is 0 Å². The van der Waals surface area contributed by atoms with Gasteiger partial charge in [0.15, 0.2) is 5.82 Å². The molecular weight excluding hydrogens is 248 g/mol. The molecular formula is C12H16N4OS. The Morgan fingerprint density at radius 1 is 1.44 bits per heavy atom. The first-order valence-corrected chi connectivity index (χ1v) is 6.62. The summed E-state index contributed by atoms with van der Waals surface area (Å²) in [5.41, 5.74) is -0.0965. The zero-order valence-corrected chi connectivity index (χ0v) is 11.5. The zero-order chi connectivity index (χ0) is 13.1. The highest BCUT2D eigenvalue weighted by Crippen LogP contribution is 2.12. The van der Waals surface area contributed by atoms with Gasteiger partial charge in [-0.25, -0.2) is 9.97 Å². The van der Waals surface area contributed by atoms with Gasteiger partial charge in [-0.1, -0.05) is 0 Å². The summed E-state index contributed by atoms with van der Waals surface area (Å²) in [5.74, 6) is 0.374. The molecule has 6 heteroatoms. The van der Waals surface area contributed by atoms with Crippen LogP contribution >= 0.6 is 11.3 Å². The van der Waals surface area contributed by atoms with Crippen LogP contribution in [0.5, 0.6) is 0 Å². The number of aryl methyl sites for hydroxylation is 1. The monoisotopic (exact) mass is 264 g/mol. The molecule has 2 aromatic rings. The smallest absolute Gasteiger partial charge is 0.293 e. The van der Waals surface area contributed by atoms with Gasteiger partial charge in [0, 0.05) is 29.5 Å². The molecule has 0 aliphatic rings. The lowest BCUT2D eigenvalue weighted by Crippen LogP contribution is -2.25. The Labute approximate surface area is 110 Å². The highest BCUT2D eigenvalue weighted by molar-refractivity contribution is 7.11. The van der Waals surface area contributed by atoms with E-state index in [1.807, 2.05) is 27.0 Å². The van der Waals surface area contributed by atoms with Gasteiger partial charge in [0.25, 0.3) is 5.56 Å². The number of hydrogen-bond acceptors (Lipinski definition) is 5. The Morgan fingerprint density at radius 2 is 2.22 bits per heavy atom. The molecule has 18 heavy (non-hydrogen) atoms. The summed E-state index contributed by atoms with van der Waals surface area (Å²) in [4.78, 5) is 21.5. The van der Waals surface area contributed by atoms with Gasteiger partial charge in [-0.05, 0) is 20.8 Å². The van der Waals surface area contributed by atoms with E-state index < -0.39 is 0 Å². The lowest BCUT2D eigenvalue weighted by molar-refractivity contribution is 0.575. The molecule has 0 spiro atoms. The van der Waals surface area contributed by atoms with E-state index in [-0.39, 0.29) is 11.6 Å². The molecule has 0 saturated carbocycles. The molecule has 0 radical (unpaired) electrons. The molecule has 0 aliphatic heterocycles. The normalized spacial score (nSPS) is 10.9. The van der Waals surface area contributed by atoms with E-state index in [2.05, 4.69) is 15.3 Å². The molecule has 1 N–H and O–H groups in total. The zero-order valence-electron chi connectivity index (χ0n) is 10.7. The number of aromatic nitrogens is 3. The molecule has 0 fully saturated rings. The van der Waals surface area contributed by atoms with Crippen molar-refractivity contribution in [1.82, 2.24) is 14.5 Å². The summed E-state index contributed by atoms with van der Waals surface area (Å²) < 4.78 is 1.66. The predicted molar refractivity (Wildman–Crippen MR) is 73.1 cm³/mol. The minimum atomic E-state index is -0.0965. The molecule has 5 nitrogen and oxygen atoms in total. The average molecular weight is 264 g/mol. The third-order valence-electron chi connectivity index (χ3n) is 2.50. The maximum atomic E-state index is 12.1. The van der Waals surface area contributed by atoms with Crippen molar-refractivity contribution in [2.45, 2.75) is 33.4 Å². The maximum Gasteiger partial charge on any atom is 0.293 e. The van der Waals surface area contributed by atoms with Crippen LogP contribution in [0.4, 0.5) is 5.82 Å². The van der Waals surface area contributed by atoms with Crippen LogP contribution in [0.1, 0.15) is 29.8 Å². The third-order valence-corrected chi connectivity index (χ3v) is 3.41. The summed E-state index contributed by atoms with van der Waals surface area (Å²) >= 11 is 1.61. The van der Waals surface area contributed by atoms with Gasteiger partial charge in [-0.2, -0.15) is 0 Å². The first-order valence-electron chi connectivity index (χ1n) is 5.80. The molecule has 0 aromatic carbocycles. The molecule has 0 saturated heterocycles. The second-order valence-corrected chi connectivity index (χ2v) is 5.62. The fraction of sp³-hybridized carbons (Fsp3) is 0.417. The fourth-order valence-corrected chi connectivity index (χ4v) is 2.32. The van der Waals surface area contributed by atoms with E-state index in [1.165, 1.54) is 0 Å². The van der Waals surface area contributed by atoms with Crippen molar-refractivity contribution >= 4 is 17.2 Å². The van der Waals surface area contributed by atoms with Gasteiger partial charge in [-0.3, -0.25) is 4.79 Å². The molecule has 0 amide bonds. The van der Waals surface area contributed by atoms with Gasteiger partial charge in [-0.15, -0.1) is 11.3 Å².